The van der Waals surface area contributed by atoms with E-state index in [-0.39, 0.29) is 13.0 Å². The van der Waals surface area contributed by atoms with Crippen molar-refractivity contribution in [1.29, 1.82) is 0 Å². The van der Waals surface area contributed by atoms with Crippen molar-refractivity contribution in [3.05, 3.63) is 0 Å². The van der Waals surface area contributed by atoms with Gasteiger partial charge in [0.1, 0.15) is 0 Å². The van der Waals surface area contributed by atoms with Crippen LogP contribution in [-0.4, -0.2) is 32.9 Å². The number of rotatable bonds is 5. The maximum Gasteiger partial charge on any atom is 0.469 e. The predicted octanol–water partition coefficient (Wildman–Crippen LogP) is 0.242. The molecule has 0 aromatic carbocycles. The molecule has 3 N–H and O–H groups in total. The van der Waals surface area contributed by atoms with Crippen molar-refractivity contribution in [1.82, 2.24) is 0 Å². The molecule has 0 bridgehead atoms. The van der Waals surface area contributed by atoms with Crippen LogP contribution in [0, 0.1) is 0 Å². The normalized spacial score (nSPS) is 14.9. The smallest absolute Gasteiger partial charge is 0.396 e. The summed E-state index contributed by atoms with van der Waals surface area (Å²) in [7, 11) is -4.41. The first-order valence-electron chi connectivity index (χ1n) is 2.90. The van der Waals surface area contributed by atoms with Gasteiger partial charge in [0.15, 0.2) is 0 Å². The molecule has 7 heteroatoms. The summed E-state index contributed by atoms with van der Waals surface area (Å²) in [6, 6.07) is 0. The highest BCUT2D eigenvalue weighted by Crippen LogP contribution is 2.38. The van der Waals surface area contributed by atoms with E-state index < -0.39 is 13.9 Å². The molecule has 0 amide bonds. The van der Waals surface area contributed by atoms with Gasteiger partial charge in [-0.05, 0) is 6.42 Å². The lowest BCUT2D eigenvalue weighted by atomic mass is 10.3. The molecule has 68 valence electrons. The van der Waals surface area contributed by atoms with Gasteiger partial charge in [0.05, 0.1) is 6.10 Å². The zero-order valence-electron chi connectivity index (χ0n) is 5.68. The van der Waals surface area contributed by atoms with E-state index in [9.17, 15) is 4.57 Å². The van der Waals surface area contributed by atoms with Gasteiger partial charge in [-0.15, -0.1) is 0 Å². The quantitative estimate of drug-likeness (QED) is 0.480. The van der Waals surface area contributed by atoms with Crippen molar-refractivity contribution in [3.8, 4) is 0 Å². The minimum atomic E-state index is -4.41. The summed E-state index contributed by atoms with van der Waals surface area (Å²) < 4.78 is 14.5. The third kappa shape index (κ3) is 6.93. The van der Waals surface area contributed by atoms with E-state index >= 15 is 0 Å². The van der Waals surface area contributed by atoms with Crippen LogP contribution in [0.3, 0.4) is 0 Å². The number of halogens is 1. The fourth-order valence-electron chi connectivity index (χ4n) is 0.496. The molecule has 0 rings (SSSR count). The maximum atomic E-state index is 10.2. The molecule has 5 nitrogen and oxygen atoms in total. The van der Waals surface area contributed by atoms with E-state index in [0.717, 1.165) is 0 Å². The number of aliphatic hydroxyl groups excluding tert-OH is 1. The molecule has 0 saturated carbocycles. The third-order valence-corrected chi connectivity index (χ3v) is 2.20. The first-order valence-corrected chi connectivity index (χ1v) is 5.55. The maximum absolute atomic E-state index is 10.2. The minimum Gasteiger partial charge on any atom is -0.396 e. The molecule has 0 fully saturated rings. The van der Waals surface area contributed by atoms with Gasteiger partial charge < -0.3 is 14.9 Å². The lowest BCUT2D eigenvalue weighted by Gasteiger charge is -2.13. The number of hydrogen-bond acceptors (Lipinski definition) is 3. The molecule has 11 heavy (non-hydrogen) atoms. The predicted molar refractivity (Wildman–Crippen MR) is 42.4 cm³/mol. The Bertz CT molecular complexity index is 145. The molecule has 0 aliphatic heterocycles. The molecular formula is C4H10BrO5P. The number of phosphoric ester groups is 1. The van der Waals surface area contributed by atoms with Crippen LogP contribution < -0.4 is 0 Å². The van der Waals surface area contributed by atoms with E-state index in [4.69, 9.17) is 14.9 Å². The number of hydrogen-bond donors (Lipinski definition) is 3. The van der Waals surface area contributed by atoms with Gasteiger partial charge in [-0.1, -0.05) is 15.9 Å². The molecule has 0 spiro atoms. The molecule has 1 atom stereocenters. The highest BCUT2D eigenvalue weighted by atomic mass is 79.9. The van der Waals surface area contributed by atoms with Gasteiger partial charge in [0.25, 0.3) is 0 Å². The van der Waals surface area contributed by atoms with E-state index in [1.807, 2.05) is 0 Å². The second-order valence-corrected chi connectivity index (χ2v) is 3.72. The Morgan fingerprint density at radius 1 is 1.55 bits per heavy atom. The van der Waals surface area contributed by atoms with Gasteiger partial charge in [0.2, 0.25) is 0 Å². The minimum absolute atomic E-state index is 0.156. The Morgan fingerprint density at radius 3 is 2.36 bits per heavy atom. The molecular weight excluding hydrogens is 239 g/mol. The summed E-state index contributed by atoms with van der Waals surface area (Å²) in [6.07, 6.45) is -0.433. The van der Waals surface area contributed by atoms with E-state index in [2.05, 4.69) is 20.5 Å². The number of phosphoric acid groups is 1. The SMILES string of the molecule is O=P(O)(O)OC(CBr)CCO. The Morgan fingerprint density at radius 2 is 2.09 bits per heavy atom. The molecule has 0 aromatic rings. The molecule has 0 radical (unpaired) electrons. The summed E-state index contributed by atoms with van der Waals surface area (Å²) in [4.78, 5) is 16.7. The summed E-state index contributed by atoms with van der Waals surface area (Å²) in [6.45, 7) is -0.156. The molecule has 0 aliphatic rings. The molecule has 0 saturated heterocycles. The largest absolute Gasteiger partial charge is 0.469 e. The zero-order chi connectivity index (χ0) is 8.91. The number of aliphatic hydroxyl groups is 1. The Kier molecular flexibility index (Phi) is 5.50. The van der Waals surface area contributed by atoms with Crippen LogP contribution in [0.15, 0.2) is 0 Å². The van der Waals surface area contributed by atoms with Gasteiger partial charge >= 0.3 is 7.82 Å². The monoisotopic (exact) mass is 248 g/mol. The molecule has 0 aromatic heterocycles. The summed E-state index contributed by atoms with van der Waals surface area (Å²) in [5.41, 5.74) is 0. The Balaban J connectivity index is 3.78. The average Bonchev–Trinajstić information content (AvgIpc) is 1.84. The van der Waals surface area contributed by atoms with Crippen LogP contribution in [0.4, 0.5) is 0 Å². The van der Waals surface area contributed by atoms with Gasteiger partial charge in [-0.3, -0.25) is 4.52 Å². The van der Waals surface area contributed by atoms with Crippen molar-refractivity contribution in [3.63, 3.8) is 0 Å². The van der Waals surface area contributed by atoms with Crippen molar-refractivity contribution in [2.75, 3.05) is 11.9 Å². The highest BCUT2D eigenvalue weighted by molar-refractivity contribution is 9.09. The lowest BCUT2D eigenvalue weighted by Crippen LogP contribution is -2.14. The van der Waals surface area contributed by atoms with Crippen LogP contribution >= 0.6 is 23.8 Å². The van der Waals surface area contributed by atoms with Crippen LogP contribution in [0.2, 0.25) is 0 Å². The van der Waals surface area contributed by atoms with Gasteiger partial charge in [0, 0.05) is 11.9 Å². The second kappa shape index (κ2) is 5.24. The third-order valence-electron chi connectivity index (χ3n) is 0.910. The molecule has 0 heterocycles. The van der Waals surface area contributed by atoms with E-state index in [0.29, 0.717) is 5.33 Å². The zero-order valence-corrected chi connectivity index (χ0v) is 8.16. The van der Waals surface area contributed by atoms with Crippen molar-refractivity contribution in [2.24, 2.45) is 0 Å². The van der Waals surface area contributed by atoms with E-state index in [1.54, 1.807) is 0 Å². The topological polar surface area (TPSA) is 87.0 Å². The summed E-state index contributed by atoms with van der Waals surface area (Å²) >= 11 is 2.99. The first kappa shape index (κ1) is 11.6. The van der Waals surface area contributed by atoms with Crippen molar-refractivity contribution >= 4 is 23.8 Å². The number of alkyl halides is 1. The lowest BCUT2D eigenvalue weighted by molar-refractivity contribution is 0.124. The summed E-state index contributed by atoms with van der Waals surface area (Å²) in [5.74, 6) is 0. The van der Waals surface area contributed by atoms with E-state index in [1.165, 1.54) is 0 Å². The van der Waals surface area contributed by atoms with Crippen molar-refractivity contribution < 1.29 is 24.0 Å². The fraction of sp³-hybridized carbons (Fsp3) is 1.00. The van der Waals surface area contributed by atoms with Gasteiger partial charge in [-0.2, -0.15) is 0 Å². The van der Waals surface area contributed by atoms with Crippen LogP contribution in [-0.2, 0) is 9.09 Å². The van der Waals surface area contributed by atoms with Crippen LogP contribution in [0.5, 0.6) is 0 Å². The second-order valence-electron chi connectivity index (χ2n) is 1.88. The van der Waals surface area contributed by atoms with Gasteiger partial charge in [-0.25, -0.2) is 4.57 Å². The Labute approximate surface area is 72.7 Å². The van der Waals surface area contributed by atoms with Crippen molar-refractivity contribution in [2.45, 2.75) is 12.5 Å². The Hall–Kier alpha value is 0.550. The molecule has 1 unspecified atom stereocenters. The average molecular weight is 249 g/mol. The van der Waals surface area contributed by atoms with Crippen LogP contribution in [0.25, 0.3) is 0 Å². The fourth-order valence-corrected chi connectivity index (χ4v) is 1.72. The summed E-state index contributed by atoms with van der Waals surface area (Å²) in [5, 5.41) is 8.70. The standard InChI is InChI=1S/C4H10BrO5P/c5-3-4(1-2-6)10-11(7,8)9/h4,6H,1-3H2,(H2,7,8,9). The highest BCUT2D eigenvalue weighted by Gasteiger charge is 2.20. The molecule has 0 aliphatic carbocycles. The first-order chi connectivity index (χ1) is 4.99. The van der Waals surface area contributed by atoms with Crippen LogP contribution in [0.1, 0.15) is 6.42 Å².